The summed E-state index contributed by atoms with van der Waals surface area (Å²) < 4.78 is 0. The van der Waals surface area contributed by atoms with E-state index >= 15 is 0 Å². The summed E-state index contributed by atoms with van der Waals surface area (Å²) in [6, 6.07) is 0. The zero-order chi connectivity index (χ0) is 23.7. The minimum absolute atomic E-state index is 0.0366. The normalized spacial score (nSPS) is 53.6. The molecule has 186 valence electrons. The van der Waals surface area contributed by atoms with Gasteiger partial charge in [0, 0.05) is 5.54 Å². The molecule has 0 saturated heterocycles. The van der Waals surface area contributed by atoms with Crippen molar-refractivity contribution in [1.29, 1.82) is 0 Å². The number of hydrogen-bond donors (Lipinski definition) is 2. The Morgan fingerprint density at radius 1 is 0.875 bits per heavy atom. The van der Waals surface area contributed by atoms with Gasteiger partial charge in [-0.15, -0.1) is 0 Å². The van der Waals surface area contributed by atoms with Crippen molar-refractivity contribution in [3.8, 4) is 0 Å². The molecule has 2 nitrogen and oxygen atoms in total. The van der Waals surface area contributed by atoms with Gasteiger partial charge in [0.2, 0.25) is 0 Å². The van der Waals surface area contributed by atoms with Gasteiger partial charge < -0.3 is 10.8 Å². The van der Waals surface area contributed by atoms with Gasteiger partial charge in [-0.2, -0.15) is 0 Å². The summed E-state index contributed by atoms with van der Waals surface area (Å²) in [6.45, 7) is 20.0. The quantitative estimate of drug-likeness (QED) is 0.468. The topological polar surface area (TPSA) is 46.2 Å². The van der Waals surface area contributed by atoms with E-state index in [1.54, 1.807) is 0 Å². The van der Waals surface area contributed by atoms with Crippen LogP contribution >= 0.6 is 0 Å². The molecule has 0 aromatic rings. The molecule has 0 bridgehead atoms. The van der Waals surface area contributed by atoms with Crippen LogP contribution in [0.5, 0.6) is 0 Å². The van der Waals surface area contributed by atoms with Crippen molar-refractivity contribution >= 4 is 0 Å². The Hall–Kier alpha value is -0.0800. The van der Waals surface area contributed by atoms with Crippen molar-refractivity contribution in [2.24, 2.45) is 57.0 Å². The first-order chi connectivity index (χ1) is 14.8. The second-order valence-corrected chi connectivity index (χ2v) is 14.6. The van der Waals surface area contributed by atoms with Crippen molar-refractivity contribution in [2.75, 3.05) is 0 Å². The predicted octanol–water partition coefficient (Wildman–Crippen LogP) is 7.58. The number of hydrogen-bond acceptors (Lipinski definition) is 2. The summed E-state index contributed by atoms with van der Waals surface area (Å²) in [4.78, 5) is 0. The summed E-state index contributed by atoms with van der Waals surface area (Å²) in [7, 11) is 0. The molecule has 0 aromatic carbocycles. The van der Waals surface area contributed by atoms with Crippen LogP contribution in [0.25, 0.3) is 0 Å². The van der Waals surface area contributed by atoms with Crippen LogP contribution in [-0.2, 0) is 0 Å². The molecular weight excluding hydrogens is 390 g/mol. The van der Waals surface area contributed by atoms with Crippen LogP contribution in [0.4, 0.5) is 0 Å². The first kappa shape index (κ1) is 25.0. The van der Waals surface area contributed by atoms with Crippen LogP contribution in [0.3, 0.4) is 0 Å². The van der Waals surface area contributed by atoms with Crippen LogP contribution in [0, 0.1) is 51.2 Å². The zero-order valence-corrected chi connectivity index (χ0v) is 22.8. The monoisotopic (exact) mass is 445 g/mol. The Kier molecular flexibility index (Phi) is 6.24. The SMILES string of the molecule is CCC(C)CC[C@]1(N)CC[C@]2(C)[C@H](CCC3[C@@]4(C)CC[C@H](O)C(C)(C)[C@@H]4CC[C@]32C)C1C. The molecular formula is C30H55NO. The number of nitrogens with two attached hydrogens (primary N) is 1. The van der Waals surface area contributed by atoms with Gasteiger partial charge in [0.15, 0.2) is 0 Å². The van der Waals surface area contributed by atoms with Gasteiger partial charge in [-0.1, -0.05) is 61.8 Å². The molecule has 4 saturated carbocycles. The maximum atomic E-state index is 10.9. The molecule has 2 heteroatoms. The molecule has 3 unspecified atom stereocenters. The molecule has 0 spiro atoms. The van der Waals surface area contributed by atoms with E-state index in [0.29, 0.717) is 28.1 Å². The first-order valence-electron chi connectivity index (χ1n) is 14.2. The van der Waals surface area contributed by atoms with Gasteiger partial charge in [-0.05, 0) is 115 Å². The van der Waals surface area contributed by atoms with E-state index in [-0.39, 0.29) is 17.1 Å². The van der Waals surface area contributed by atoms with Gasteiger partial charge in [0.1, 0.15) is 0 Å². The molecule has 0 heterocycles. The van der Waals surface area contributed by atoms with Gasteiger partial charge in [0.05, 0.1) is 6.10 Å². The Bertz CT molecular complexity index is 703. The van der Waals surface area contributed by atoms with E-state index < -0.39 is 0 Å². The summed E-state index contributed by atoms with van der Waals surface area (Å²) in [5.74, 6) is 3.63. The van der Waals surface area contributed by atoms with Crippen molar-refractivity contribution in [1.82, 2.24) is 0 Å². The average molecular weight is 446 g/mol. The highest BCUT2D eigenvalue weighted by Gasteiger charge is 2.68. The molecule has 0 aliphatic heterocycles. The highest BCUT2D eigenvalue weighted by Crippen LogP contribution is 2.74. The second-order valence-electron chi connectivity index (χ2n) is 14.6. The van der Waals surface area contributed by atoms with Gasteiger partial charge in [-0.3, -0.25) is 0 Å². The van der Waals surface area contributed by atoms with Crippen molar-refractivity contribution < 1.29 is 5.11 Å². The number of aliphatic hydroxyl groups is 1. The number of fused-ring (bicyclic) bond motifs is 5. The zero-order valence-electron chi connectivity index (χ0n) is 22.8. The van der Waals surface area contributed by atoms with Gasteiger partial charge >= 0.3 is 0 Å². The van der Waals surface area contributed by atoms with Gasteiger partial charge in [-0.25, -0.2) is 0 Å². The molecule has 4 aliphatic rings. The molecule has 32 heavy (non-hydrogen) atoms. The summed E-state index contributed by atoms with van der Waals surface area (Å²) in [5, 5.41) is 10.9. The van der Waals surface area contributed by atoms with Gasteiger partial charge in [0.25, 0.3) is 0 Å². The standard InChI is InChI=1S/C30H55NO/c1-9-20(2)12-17-30(31)19-18-28(7)22(21(30)3)10-11-24-27(6)15-14-25(32)26(4,5)23(27)13-16-29(24,28)8/h20-25,32H,9-19,31H2,1-8H3/t20?,21?,22-,23+,24?,25+,27+,28-,29-,30+/m1/s1. The lowest BCUT2D eigenvalue weighted by atomic mass is 9.33. The molecule has 0 radical (unpaired) electrons. The smallest absolute Gasteiger partial charge is 0.0594 e. The number of rotatable bonds is 4. The Labute approximate surface area is 199 Å². The fraction of sp³-hybridized carbons (Fsp3) is 1.00. The van der Waals surface area contributed by atoms with Crippen LogP contribution in [0.1, 0.15) is 126 Å². The first-order valence-corrected chi connectivity index (χ1v) is 14.2. The summed E-state index contributed by atoms with van der Waals surface area (Å²) in [6.07, 6.45) is 13.8. The maximum Gasteiger partial charge on any atom is 0.0594 e. The molecule has 4 rings (SSSR count). The van der Waals surface area contributed by atoms with Crippen LogP contribution < -0.4 is 5.73 Å². The Morgan fingerprint density at radius 2 is 1.56 bits per heavy atom. The lowest BCUT2D eigenvalue weighted by Crippen LogP contribution is -2.68. The average Bonchev–Trinajstić information content (AvgIpc) is 2.73. The van der Waals surface area contributed by atoms with Crippen LogP contribution in [-0.4, -0.2) is 16.7 Å². The van der Waals surface area contributed by atoms with Crippen molar-refractivity contribution in [2.45, 2.75) is 138 Å². The Balaban J connectivity index is 1.62. The third-order valence-corrected chi connectivity index (χ3v) is 13.3. The minimum Gasteiger partial charge on any atom is -0.393 e. The van der Waals surface area contributed by atoms with E-state index in [1.165, 1.54) is 64.2 Å². The van der Waals surface area contributed by atoms with E-state index in [9.17, 15) is 5.11 Å². The lowest BCUT2D eigenvalue weighted by Gasteiger charge is -2.72. The Morgan fingerprint density at radius 3 is 2.22 bits per heavy atom. The molecule has 0 amide bonds. The van der Waals surface area contributed by atoms with E-state index in [2.05, 4.69) is 55.4 Å². The second kappa shape index (κ2) is 7.97. The summed E-state index contributed by atoms with van der Waals surface area (Å²) in [5.41, 5.74) is 8.51. The summed E-state index contributed by atoms with van der Waals surface area (Å²) >= 11 is 0. The van der Waals surface area contributed by atoms with E-state index in [4.69, 9.17) is 5.73 Å². The predicted molar refractivity (Wildman–Crippen MR) is 136 cm³/mol. The maximum absolute atomic E-state index is 10.9. The molecule has 0 aromatic heterocycles. The fourth-order valence-electron chi connectivity index (χ4n) is 10.4. The van der Waals surface area contributed by atoms with Crippen LogP contribution in [0.2, 0.25) is 0 Å². The number of aliphatic hydroxyl groups excluding tert-OH is 1. The molecule has 4 aliphatic carbocycles. The molecule has 4 fully saturated rings. The largest absolute Gasteiger partial charge is 0.393 e. The van der Waals surface area contributed by atoms with Crippen LogP contribution in [0.15, 0.2) is 0 Å². The fourth-order valence-corrected chi connectivity index (χ4v) is 10.4. The highest BCUT2D eigenvalue weighted by molar-refractivity contribution is 5.18. The third kappa shape index (κ3) is 3.31. The minimum atomic E-state index is -0.130. The third-order valence-electron chi connectivity index (χ3n) is 13.3. The van der Waals surface area contributed by atoms with E-state index in [0.717, 1.165) is 24.2 Å². The lowest BCUT2D eigenvalue weighted by molar-refractivity contribution is -0.241. The van der Waals surface area contributed by atoms with Crippen molar-refractivity contribution in [3.63, 3.8) is 0 Å². The van der Waals surface area contributed by atoms with Crippen molar-refractivity contribution in [3.05, 3.63) is 0 Å². The highest BCUT2D eigenvalue weighted by atomic mass is 16.3. The molecule has 3 N–H and O–H groups in total. The molecule has 10 atom stereocenters. The van der Waals surface area contributed by atoms with E-state index in [1.807, 2.05) is 0 Å².